The number of benzene rings is 1. The lowest BCUT2D eigenvalue weighted by atomic mass is 10.1. The van der Waals surface area contributed by atoms with E-state index in [1.165, 1.54) is 11.8 Å². The maximum absolute atomic E-state index is 11.8. The molecule has 1 N–H and O–H groups in total. The summed E-state index contributed by atoms with van der Waals surface area (Å²) in [4.78, 5) is 18.5. The van der Waals surface area contributed by atoms with Crippen LogP contribution in [0.3, 0.4) is 0 Å². The minimum atomic E-state index is -0.457. The highest BCUT2D eigenvalue weighted by Crippen LogP contribution is 2.21. The molecule has 0 bridgehead atoms. The zero-order valence-corrected chi connectivity index (χ0v) is 10.8. The number of nitriles is 2. The summed E-state index contributed by atoms with van der Waals surface area (Å²) in [7, 11) is 0. The fraction of sp³-hybridized carbons (Fsp3) is 0.0769. The van der Waals surface area contributed by atoms with Crippen molar-refractivity contribution in [2.45, 2.75) is 5.16 Å². The molecule has 0 atom stereocenters. The van der Waals surface area contributed by atoms with Gasteiger partial charge in [0.1, 0.15) is 11.6 Å². The molecule has 0 spiro atoms. The Hall–Kier alpha value is -2.57. The molecule has 5 nitrogen and oxygen atoms in total. The van der Waals surface area contributed by atoms with Gasteiger partial charge in [-0.1, -0.05) is 23.9 Å². The van der Waals surface area contributed by atoms with Crippen LogP contribution in [0.2, 0.25) is 0 Å². The SMILES string of the molecule is CSc1nc(-c2ccc(C#N)cc2)c(C#N)c(=O)[nH]1. The van der Waals surface area contributed by atoms with Gasteiger partial charge >= 0.3 is 0 Å². The lowest BCUT2D eigenvalue weighted by Gasteiger charge is -2.04. The Morgan fingerprint density at radius 2 is 1.89 bits per heavy atom. The first kappa shape index (κ1) is 12.9. The molecular weight excluding hydrogens is 260 g/mol. The molecule has 1 heterocycles. The van der Waals surface area contributed by atoms with E-state index in [1.807, 2.05) is 12.1 Å². The Morgan fingerprint density at radius 3 is 2.42 bits per heavy atom. The van der Waals surface area contributed by atoms with Crippen molar-refractivity contribution in [1.82, 2.24) is 9.97 Å². The summed E-state index contributed by atoms with van der Waals surface area (Å²) in [5.41, 5.74) is 0.998. The average Bonchev–Trinajstić information content (AvgIpc) is 2.46. The van der Waals surface area contributed by atoms with Crippen molar-refractivity contribution in [2.24, 2.45) is 0 Å². The average molecular weight is 268 g/mol. The maximum atomic E-state index is 11.8. The molecule has 6 heteroatoms. The van der Waals surface area contributed by atoms with Crippen molar-refractivity contribution in [3.05, 3.63) is 45.7 Å². The molecule has 2 rings (SSSR count). The molecule has 0 aliphatic carbocycles. The van der Waals surface area contributed by atoms with Gasteiger partial charge in [-0.3, -0.25) is 4.79 Å². The van der Waals surface area contributed by atoms with Gasteiger partial charge in [-0.15, -0.1) is 0 Å². The molecule has 1 aromatic carbocycles. The van der Waals surface area contributed by atoms with Gasteiger partial charge in [-0.25, -0.2) is 4.98 Å². The number of nitrogens with one attached hydrogen (secondary N) is 1. The number of aromatic nitrogens is 2. The molecule has 0 unspecified atom stereocenters. The first-order chi connectivity index (χ1) is 9.19. The van der Waals surface area contributed by atoms with E-state index in [-0.39, 0.29) is 5.56 Å². The predicted octanol–water partition coefficient (Wildman–Crippen LogP) is 1.90. The Kier molecular flexibility index (Phi) is 3.65. The van der Waals surface area contributed by atoms with Crippen molar-refractivity contribution >= 4 is 11.8 Å². The Bertz CT molecular complexity index is 750. The zero-order chi connectivity index (χ0) is 13.8. The molecule has 92 valence electrons. The van der Waals surface area contributed by atoms with Gasteiger partial charge < -0.3 is 4.98 Å². The van der Waals surface area contributed by atoms with Crippen molar-refractivity contribution < 1.29 is 0 Å². The van der Waals surface area contributed by atoms with Crippen LogP contribution in [0.4, 0.5) is 0 Å². The number of aromatic amines is 1. The quantitative estimate of drug-likeness (QED) is 0.663. The summed E-state index contributed by atoms with van der Waals surface area (Å²) >= 11 is 1.29. The zero-order valence-electron chi connectivity index (χ0n) is 9.97. The maximum Gasteiger partial charge on any atom is 0.270 e. The van der Waals surface area contributed by atoms with Crippen LogP contribution in [-0.4, -0.2) is 16.2 Å². The summed E-state index contributed by atoms with van der Waals surface area (Å²) in [6, 6.07) is 10.5. The van der Waals surface area contributed by atoms with Gasteiger partial charge in [0.25, 0.3) is 5.56 Å². The molecule has 0 saturated carbocycles. The number of thioether (sulfide) groups is 1. The molecule has 0 fully saturated rings. The van der Waals surface area contributed by atoms with Crippen LogP contribution in [0.5, 0.6) is 0 Å². The molecule has 19 heavy (non-hydrogen) atoms. The van der Waals surface area contributed by atoms with Crippen LogP contribution < -0.4 is 5.56 Å². The van der Waals surface area contributed by atoms with Gasteiger partial charge in [0.05, 0.1) is 17.3 Å². The topological polar surface area (TPSA) is 93.3 Å². The minimum absolute atomic E-state index is 0.0255. The van der Waals surface area contributed by atoms with Crippen molar-refractivity contribution in [3.8, 4) is 23.4 Å². The summed E-state index contributed by atoms with van der Waals surface area (Å²) in [6.45, 7) is 0. The van der Waals surface area contributed by atoms with Crippen molar-refractivity contribution in [3.63, 3.8) is 0 Å². The highest BCUT2D eigenvalue weighted by molar-refractivity contribution is 7.98. The Labute approximate surface area is 113 Å². The number of H-pyrrole nitrogens is 1. The summed E-state index contributed by atoms with van der Waals surface area (Å²) in [5, 5.41) is 18.3. The van der Waals surface area contributed by atoms with E-state index in [0.29, 0.717) is 22.0 Å². The van der Waals surface area contributed by atoms with E-state index in [1.54, 1.807) is 30.5 Å². The number of rotatable bonds is 2. The Balaban J connectivity index is 2.66. The highest BCUT2D eigenvalue weighted by atomic mass is 32.2. The molecule has 0 aliphatic heterocycles. The molecule has 1 aromatic heterocycles. The molecule has 0 aliphatic rings. The van der Waals surface area contributed by atoms with E-state index in [9.17, 15) is 4.79 Å². The normalized spacial score (nSPS) is 9.63. The van der Waals surface area contributed by atoms with Gasteiger partial charge in [0.2, 0.25) is 0 Å². The third kappa shape index (κ3) is 2.49. The van der Waals surface area contributed by atoms with Crippen LogP contribution in [0.15, 0.2) is 34.2 Å². The van der Waals surface area contributed by atoms with Gasteiger partial charge in [-0.2, -0.15) is 10.5 Å². The second kappa shape index (κ2) is 5.38. The molecule has 0 saturated heterocycles. The smallest absolute Gasteiger partial charge is 0.270 e. The second-order valence-electron chi connectivity index (χ2n) is 3.60. The van der Waals surface area contributed by atoms with E-state index < -0.39 is 5.56 Å². The Morgan fingerprint density at radius 1 is 1.21 bits per heavy atom. The standard InChI is InChI=1S/C13H8N4OS/c1-19-13-16-11(10(7-15)12(18)17-13)9-4-2-8(6-14)3-5-9/h2-5H,1H3,(H,16,17,18). The van der Waals surface area contributed by atoms with Crippen LogP contribution in [0.1, 0.15) is 11.1 Å². The third-order valence-corrected chi connectivity index (χ3v) is 3.07. The van der Waals surface area contributed by atoms with Crippen LogP contribution in [-0.2, 0) is 0 Å². The second-order valence-corrected chi connectivity index (χ2v) is 4.39. The van der Waals surface area contributed by atoms with E-state index >= 15 is 0 Å². The lowest BCUT2D eigenvalue weighted by molar-refractivity contribution is 0.937. The fourth-order valence-electron chi connectivity index (χ4n) is 1.56. The van der Waals surface area contributed by atoms with Crippen LogP contribution in [0.25, 0.3) is 11.3 Å². The predicted molar refractivity (Wildman–Crippen MR) is 71.5 cm³/mol. The number of nitrogens with zero attached hydrogens (tertiary/aromatic N) is 3. The largest absolute Gasteiger partial charge is 0.300 e. The van der Waals surface area contributed by atoms with E-state index in [4.69, 9.17) is 10.5 Å². The van der Waals surface area contributed by atoms with Crippen molar-refractivity contribution in [2.75, 3.05) is 6.26 Å². The minimum Gasteiger partial charge on any atom is -0.300 e. The first-order valence-corrected chi connectivity index (χ1v) is 6.51. The fourth-order valence-corrected chi connectivity index (χ4v) is 1.94. The van der Waals surface area contributed by atoms with Gasteiger partial charge in [0.15, 0.2) is 5.16 Å². The summed E-state index contributed by atoms with van der Waals surface area (Å²) in [6.07, 6.45) is 1.78. The first-order valence-electron chi connectivity index (χ1n) is 5.28. The lowest BCUT2D eigenvalue weighted by Crippen LogP contribution is -2.14. The molecular formula is C13H8N4OS. The number of hydrogen-bond donors (Lipinski definition) is 1. The highest BCUT2D eigenvalue weighted by Gasteiger charge is 2.12. The van der Waals surface area contributed by atoms with Crippen LogP contribution in [0, 0.1) is 22.7 Å². The summed E-state index contributed by atoms with van der Waals surface area (Å²) in [5.74, 6) is 0. The van der Waals surface area contributed by atoms with E-state index in [0.717, 1.165) is 0 Å². The third-order valence-electron chi connectivity index (χ3n) is 2.49. The van der Waals surface area contributed by atoms with Gasteiger partial charge in [0, 0.05) is 5.56 Å². The van der Waals surface area contributed by atoms with Crippen LogP contribution >= 0.6 is 11.8 Å². The van der Waals surface area contributed by atoms with Gasteiger partial charge in [-0.05, 0) is 18.4 Å². The summed E-state index contributed by atoms with van der Waals surface area (Å²) < 4.78 is 0. The molecule has 0 amide bonds. The number of hydrogen-bond acceptors (Lipinski definition) is 5. The van der Waals surface area contributed by atoms with Crippen molar-refractivity contribution in [1.29, 1.82) is 10.5 Å². The molecule has 0 radical (unpaired) electrons. The van der Waals surface area contributed by atoms with E-state index in [2.05, 4.69) is 9.97 Å². The molecule has 2 aromatic rings. The monoisotopic (exact) mass is 268 g/mol.